The Morgan fingerprint density at radius 1 is 1.12 bits per heavy atom. The summed E-state index contributed by atoms with van der Waals surface area (Å²) < 4.78 is 26.2. The van der Waals surface area contributed by atoms with Crippen molar-refractivity contribution in [1.29, 1.82) is 0 Å². The first-order chi connectivity index (χ1) is 7.69. The number of hydrogen-bond donors (Lipinski definition) is 0. The molecule has 0 amide bonds. The summed E-state index contributed by atoms with van der Waals surface area (Å²) in [7, 11) is 0. The van der Waals surface area contributed by atoms with E-state index in [1.165, 1.54) is 18.2 Å². The first kappa shape index (κ1) is 11.2. The molecule has 0 aliphatic rings. The van der Waals surface area contributed by atoms with E-state index in [4.69, 9.17) is 0 Å². The predicted molar refractivity (Wildman–Crippen MR) is 62.2 cm³/mol. The molecule has 2 aromatic rings. The van der Waals surface area contributed by atoms with Crippen LogP contribution < -0.4 is 0 Å². The number of benzene rings is 1. The molecule has 0 saturated carbocycles. The van der Waals surface area contributed by atoms with Gasteiger partial charge >= 0.3 is 0 Å². The average molecular weight is 284 g/mol. The Kier molecular flexibility index (Phi) is 3.29. The average Bonchev–Trinajstić information content (AvgIpc) is 2.28. The van der Waals surface area contributed by atoms with Crippen molar-refractivity contribution < 1.29 is 8.78 Å². The monoisotopic (exact) mass is 283 g/mol. The van der Waals surface area contributed by atoms with Gasteiger partial charge in [0.15, 0.2) is 0 Å². The van der Waals surface area contributed by atoms with Gasteiger partial charge in [0.25, 0.3) is 0 Å². The molecular weight excluding hydrogens is 276 g/mol. The Morgan fingerprint density at radius 3 is 2.62 bits per heavy atom. The van der Waals surface area contributed by atoms with Crippen molar-refractivity contribution >= 4 is 15.9 Å². The van der Waals surface area contributed by atoms with Gasteiger partial charge in [0.1, 0.15) is 5.82 Å². The minimum atomic E-state index is -0.559. The fourth-order valence-electron chi connectivity index (χ4n) is 1.42. The molecular formula is C12H8BrF2N. The van der Waals surface area contributed by atoms with E-state index in [9.17, 15) is 8.78 Å². The van der Waals surface area contributed by atoms with Crippen LogP contribution >= 0.6 is 15.9 Å². The van der Waals surface area contributed by atoms with Gasteiger partial charge in [-0.3, -0.25) is 0 Å². The van der Waals surface area contributed by atoms with Crippen LogP contribution in [0.15, 0.2) is 36.4 Å². The van der Waals surface area contributed by atoms with Crippen LogP contribution in [0, 0.1) is 11.8 Å². The van der Waals surface area contributed by atoms with Gasteiger partial charge in [0.2, 0.25) is 5.95 Å². The molecule has 1 heterocycles. The normalized spacial score (nSPS) is 10.4. The Morgan fingerprint density at radius 2 is 1.94 bits per heavy atom. The molecule has 1 aromatic carbocycles. The highest BCUT2D eigenvalue weighted by atomic mass is 79.9. The van der Waals surface area contributed by atoms with Crippen LogP contribution in [0.3, 0.4) is 0 Å². The molecule has 0 aliphatic carbocycles. The Labute approximate surface area is 100 Å². The Balaban J connectivity index is 2.51. The van der Waals surface area contributed by atoms with E-state index in [0.29, 0.717) is 16.6 Å². The lowest BCUT2D eigenvalue weighted by Crippen LogP contribution is -1.91. The number of hydrogen-bond acceptors (Lipinski definition) is 1. The molecule has 4 heteroatoms. The molecule has 0 saturated heterocycles. The zero-order valence-corrected chi connectivity index (χ0v) is 9.84. The molecule has 16 heavy (non-hydrogen) atoms. The van der Waals surface area contributed by atoms with Crippen molar-refractivity contribution in [1.82, 2.24) is 4.98 Å². The number of rotatable bonds is 2. The molecule has 0 unspecified atom stereocenters. The second-order valence-electron chi connectivity index (χ2n) is 3.33. The number of alkyl halides is 1. The van der Waals surface area contributed by atoms with Gasteiger partial charge in [-0.05, 0) is 29.8 Å². The first-order valence-corrected chi connectivity index (χ1v) is 5.79. The molecule has 1 nitrogen and oxygen atoms in total. The lowest BCUT2D eigenvalue weighted by Gasteiger charge is -2.03. The molecule has 2 rings (SSSR count). The third-order valence-corrected chi connectivity index (χ3v) is 2.78. The summed E-state index contributed by atoms with van der Waals surface area (Å²) in [6.45, 7) is 0. The molecule has 0 atom stereocenters. The van der Waals surface area contributed by atoms with Crippen LogP contribution in [-0.4, -0.2) is 4.98 Å². The van der Waals surface area contributed by atoms with Gasteiger partial charge in [-0.2, -0.15) is 4.39 Å². The number of nitrogens with zero attached hydrogens (tertiary/aromatic N) is 1. The van der Waals surface area contributed by atoms with Crippen LogP contribution in [0.5, 0.6) is 0 Å². The maximum atomic E-state index is 13.2. The van der Waals surface area contributed by atoms with Crippen molar-refractivity contribution in [3.05, 3.63) is 53.7 Å². The minimum Gasteiger partial charge on any atom is -0.220 e. The second-order valence-corrected chi connectivity index (χ2v) is 3.89. The number of halogens is 3. The summed E-state index contributed by atoms with van der Waals surface area (Å²) in [6, 6.07) is 9.02. The second kappa shape index (κ2) is 4.70. The molecule has 0 radical (unpaired) electrons. The topological polar surface area (TPSA) is 12.9 Å². The van der Waals surface area contributed by atoms with E-state index in [1.807, 2.05) is 0 Å². The van der Waals surface area contributed by atoms with Crippen LogP contribution in [-0.2, 0) is 5.33 Å². The Bertz CT molecular complexity index is 514. The molecule has 0 aliphatic heterocycles. The molecule has 1 aromatic heterocycles. The highest BCUT2D eigenvalue weighted by Crippen LogP contribution is 2.20. The quantitative estimate of drug-likeness (QED) is 0.601. The predicted octanol–water partition coefficient (Wildman–Crippen LogP) is 3.92. The summed E-state index contributed by atoms with van der Waals surface area (Å²) in [4.78, 5) is 3.74. The van der Waals surface area contributed by atoms with E-state index in [0.717, 1.165) is 5.56 Å². The molecule has 82 valence electrons. The fourth-order valence-corrected chi connectivity index (χ4v) is 1.75. The van der Waals surface area contributed by atoms with E-state index in [2.05, 4.69) is 20.9 Å². The third-order valence-electron chi connectivity index (χ3n) is 2.13. The van der Waals surface area contributed by atoms with E-state index < -0.39 is 5.95 Å². The third kappa shape index (κ3) is 2.44. The van der Waals surface area contributed by atoms with Gasteiger partial charge in [-0.25, -0.2) is 9.37 Å². The SMILES string of the molecule is Fc1cccc(-c2cc(CBr)cc(F)n2)c1. The maximum absolute atomic E-state index is 13.2. The zero-order valence-electron chi connectivity index (χ0n) is 8.25. The van der Waals surface area contributed by atoms with Crippen molar-refractivity contribution in [3.8, 4) is 11.3 Å². The van der Waals surface area contributed by atoms with Crippen molar-refractivity contribution in [2.24, 2.45) is 0 Å². The minimum absolute atomic E-state index is 0.357. The maximum Gasteiger partial charge on any atom is 0.213 e. The van der Waals surface area contributed by atoms with Gasteiger partial charge in [0, 0.05) is 10.9 Å². The Hall–Kier alpha value is -1.29. The van der Waals surface area contributed by atoms with Gasteiger partial charge < -0.3 is 0 Å². The molecule has 0 bridgehead atoms. The van der Waals surface area contributed by atoms with E-state index >= 15 is 0 Å². The summed E-state index contributed by atoms with van der Waals surface area (Å²) in [6.07, 6.45) is 0. The number of aromatic nitrogens is 1. The number of pyridine rings is 1. The first-order valence-electron chi connectivity index (χ1n) is 4.67. The van der Waals surface area contributed by atoms with Crippen molar-refractivity contribution in [2.75, 3.05) is 0 Å². The highest BCUT2D eigenvalue weighted by Gasteiger charge is 2.05. The summed E-state index contributed by atoms with van der Waals surface area (Å²) in [5, 5.41) is 0.536. The highest BCUT2D eigenvalue weighted by molar-refractivity contribution is 9.08. The van der Waals surface area contributed by atoms with Crippen LogP contribution in [0.25, 0.3) is 11.3 Å². The lowest BCUT2D eigenvalue weighted by atomic mass is 10.1. The van der Waals surface area contributed by atoms with Crippen molar-refractivity contribution in [2.45, 2.75) is 5.33 Å². The van der Waals surface area contributed by atoms with E-state index in [-0.39, 0.29) is 5.82 Å². The lowest BCUT2D eigenvalue weighted by molar-refractivity contribution is 0.583. The summed E-state index contributed by atoms with van der Waals surface area (Å²) in [5.74, 6) is -0.917. The molecule has 0 spiro atoms. The standard InChI is InChI=1S/C12H8BrF2N/c13-7-8-4-11(16-12(15)5-8)9-2-1-3-10(14)6-9/h1-6H,7H2. The van der Waals surface area contributed by atoms with Crippen LogP contribution in [0.2, 0.25) is 0 Å². The fraction of sp³-hybridized carbons (Fsp3) is 0.0833. The van der Waals surface area contributed by atoms with Gasteiger partial charge in [0.05, 0.1) is 5.69 Å². The molecule has 0 fully saturated rings. The molecule has 0 N–H and O–H groups in total. The summed E-state index contributed by atoms with van der Waals surface area (Å²) in [5.41, 5.74) is 1.78. The smallest absolute Gasteiger partial charge is 0.213 e. The van der Waals surface area contributed by atoms with Gasteiger partial charge in [-0.1, -0.05) is 28.1 Å². The largest absolute Gasteiger partial charge is 0.220 e. The van der Waals surface area contributed by atoms with Gasteiger partial charge in [-0.15, -0.1) is 0 Å². The van der Waals surface area contributed by atoms with Crippen LogP contribution in [0.4, 0.5) is 8.78 Å². The van der Waals surface area contributed by atoms with Crippen LogP contribution in [0.1, 0.15) is 5.56 Å². The summed E-state index contributed by atoms with van der Waals surface area (Å²) >= 11 is 3.24. The van der Waals surface area contributed by atoms with Crippen molar-refractivity contribution in [3.63, 3.8) is 0 Å². The van der Waals surface area contributed by atoms with E-state index in [1.54, 1.807) is 18.2 Å². The zero-order chi connectivity index (χ0) is 11.5.